The van der Waals surface area contributed by atoms with Crippen molar-refractivity contribution in [1.29, 1.82) is 0 Å². The molecule has 2 N–H and O–H groups in total. The van der Waals surface area contributed by atoms with Crippen LogP contribution in [0.1, 0.15) is 17.1 Å². The van der Waals surface area contributed by atoms with E-state index in [-0.39, 0.29) is 11.0 Å². The van der Waals surface area contributed by atoms with Crippen molar-refractivity contribution in [2.45, 2.75) is 26.1 Å². The fourth-order valence-corrected chi connectivity index (χ4v) is 3.07. The van der Waals surface area contributed by atoms with Crippen molar-refractivity contribution >= 4 is 75.0 Å². The Balaban J connectivity index is 0.000000195. The van der Waals surface area contributed by atoms with Gasteiger partial charge >= 0.3 is 0 Å². The molecule has 1 aliphatic carbocycles. The Morgan fingerprint density at radius 2 is 1.65 bits per heavy atom. The number of nitrogens with two attached hydrogens (primary N) is 1. The van der Waals surface area contributed by atoms with Crippen LogP contribution in [-0.4, -0.2) is 28.0 Å². The van der Waals surface area contributed by atoms with Gasteiger partial charge in [-0.25, -0.2) is 19.9 Å². The van der Waals surface area contributed by atoms with Crippen LogP contribution < -0.4 is 5.73 Å². The molecule has 0 spiro atoms. The summed E-state index contributed by atoms with van der Waals surface area (Å²) >= 11 is 17.9. The molecule has 10 heteroatoms. The van der Waals surface area contributed by atoms with Gasteiger partial charge in [0.25, 0.3) is 0 Å². The summed E-state index contributed by atoms with van der Waals surface area (Å²) in [5, 5.41) is 0.693. The number of halogens is 4. The molecule has 0 aromatic carbocycles. The van der Waals surface area contributed by atoms with Gasteiger partial charge in [-0.3, -0.25) is 0 Å². The first-order valence-electron chi connectivity index (χ1n) is 7.47. The third-order valence-electron chi connectivity index (χ3n) is 2.90. The van der Waals surface area contributed by atoms with E-state index >= 15 is 0 Å². The van der Waals surface area contributed by atoms with Crippen LogP contribution in [0.5, 0.6) is 0 Å². The van der Waals surface area contributed by atoms with Crippen LogP contribution in [0.2, 0.25) is 29.9 Å². The van der Waals surface area contributed by atoms with Gasteiger partial charge in [0.15, 0.2) is 21.8 Å². The average Bonchev–Trinajstić information content (AvgIpc) is 2.97. The second-order valence-corrected chi connectivity index (χ2v) is 13.3. The van der Waals surface area contributed by atoms with Gasteiger partial charge in [0.05, 0.1) is 11.4 Å². The van der Waals surface area contributed by atoms with E-state index in [1.54, 1.807) is 0 Å². The lowest BCUT2D eigenvalue weighted by Crippen LogP contribution is -2.16. The number of allylic oxidation sites excluding steroid dienone is 1. The van der Waals surface area contributed by atoms with Gasteiger partial charge in [-0.15, -0.1) is 5.54 Å². The molecule has 5 nitrogen and oxygen atoms in total. The van der Waals surface area contributed by atoms with Gasteiger partial charge in [0.2, 0.25) is 0 Å². The second-order valence-electron chi connectivity index (χ2n) is 6.28. The van der Waals surface area contributed by atoms with Crippen LogP contribution in [0.3, 0.4) is 0 Å². The lowest BCUT2D eigenvalue weighted by molar-refractivity contribution is 1.05. The van der Waals surface area contributed by atoms with Gasteiger partial charge in [-0.05, 0) is 37.9 Å². The summed E-state index contributed by atoms with van der Waals surface area (Å²) in [5.41, 5.74) is 11.2. The zero-order chi connectivity index (χ0) is 19.5. The zero-order valence-electron chi connectivity index (χ0n) is 14.2. The van der Waals surface area contributed by atoms with Crippen molar-refractivity contribution < 1.29 is 0 Å². The Labute approximate surface area is 180 Å². The highest BCUT2D eigenvalue weighted by Gasteiger charge is 2.11. The van der Waals surface area contributed by atoms with E-state index in [0.29, 0.717) is 20.1 Å². The van der Waals surface area contributed by atoms with Crippen LogP contribution in [0, 0.1) is 11.5 Å². The molecule has 0 aliphatic heterocycles. The van der Waals surface area contributed by atoms with Gasteiger partial charge < -0.3 is 5.73 Å². The third kappa shape index (κ3) is 6.03. The monoisotopic (exact) mass is 533 g/mol. The highest BCUT2D eigenvalue weighted by molar-refractivity contribution is 9.10. The van der Waals surface area contributed by atoms with Crippen molar-refractivity contribution in [2.24, 2.45) is 0 Å². The Hall–Kier alpha value is -0.983. The fourth-order valence-electron chi connectivity index (χ4n) is 1.75. The molecule has 0 saturated heterocycles. The molecule has 0 atom stereocenters. The maximum Gasteiger partial charge on any atom is 0.164 e. The maximum atomic E-state index is 5.74. The molecule has 2 aromatic heterocycles. The van der Waals surface area contributed by atoms with Gasteiger partial charge in [0, 0.05) is 6.42 Å². The van der Waals surface area contributed by atoms with Crippen molar-refractivity contribution in [3.63, 3.8) is 0 Å². The smallest absolute Gasteiger partial charge is 0.164 e. The first-order chi connectivity index (χ1) is 12.1. The predicted molar refractivity (Wildman–Crippen MR) is 117 cm³/mol. The van der Waals surface area contributed by atoms with Crippen molar-refractivity contribution in [3.05, 3.63) is 42.7 Å². The normalized spacial score (nSPS) is 12.0. The van der Waals surface area contributed by atoms with Gasteiger partial charge in [-0.2, -0.15) is 0 Å². The minimum Gasteiger partial charge on any atom is -0.381 e. The predicted octanol–water partition coefficient (Wildman–Crippen LogP) is 5.17. The summed E-state index contributed by atoms with van der Waals surface area (Å²) in [6.45, 7) is 6.44. The van der Waals surface area contributed by atoms with E-state index in [4.69, 9.17) is 28.9 Å². The lowest BCUT2D eigenvalue weighted by atomic mass is 10.3. The molecule has 3 rings (SSSR count). The zero-order valence-corrected chi connectivity index (χ0v) is 19.9. The molecule has 2 heterocycles. The summed E-state index contributed by atoms with van der Waals surface area (Å²) < 4.78 is 1.09. The molecule has 2 aromatic rings. The maximum absolute atomic E-state index is 5.74. The number of hydrogen-bond acceptors (Lipinski definition) is 5. The Morgan fingerprint density at radius 1 is 1.04 bits per heavy atom. The topological polar surface area (TPSA) is 77.6 Å². The first kappa shape index (κ1) is 21.3. The number of hydrogen-bond donors (Lipinski definition) is 1. The molecule has 0 unspecified atom stereocenters. The molecule has 136 valence electrons. The molecule has 0 fully saturated rings. The van der Waals surface area contributed by atoms with E-state index in [9.17, 15) is 0 Å². The number of nitrogens with zero attached hydrogens (tertiary/aromatic N) is 4. The average molecular weight is 536 g/mol. The van der Waals surface area contributed by atoms with E-state index in [1.165, 1.54) is 0 Å². The highest BCUT2D eigenvalue weighted by atomic mass is 79.9. The molecule has 0 amide bonds. The number of anilines is 1. The Bertz CT molecular complexity index is 933. The van der Waals surface area contributed by atoms with E-state index in [1.807, 2.05) is 12.2 Å². The van der Waals surface area contributed by atoms with Gasteiger partial charge in [0.1, 0.15) is 17.3 Å². The SMILES string of the molecule is C[Si](C)(C)C#Cc1nc(Br)c(Cl)nc1N.Clc1nc2c(nc1Br)C=CC2. The summed E-state index contributed by atoms with van der Waals surface area (Å²) in [6.07, 6.45) is 4.81. The number of fused-ring (bicyclic) bond motifs is 1. The second kappa shape index (κ2) is 8.80. The summed E-state index contributed by atoms with van der Waals surface area (Å²) in [5.74, 6) is 3.22. The fraction of sp³-hybridized carbons (Fsp3) is 0.250. The quantitative estimate of drug-likeness (QED) is 0.372. The van der Waals surface area contributed by atoms with E-state index < -0.39 is 8.07 Å². The summed E-state index contributed by atoms with van der Waals surface area (Å²) in [6, 6.07) is 0. The number of rotatable bonds is 0. The van der Waals surface area contributed by atoms with Crippen molar-refractivity contribution in [3.8, 4) is 11.5 Å². The van der Waals surface area contributed by atoms with Crippen LogP contribution in [0.15, 0.2) is 15.3 Å². The van der Waals surface area contributed by atoms with Gasteiger partial charge in [-0.1, -0.05) is 54.8 Å². The van der Waals surface area contributed by atoms with Crippen molar-refractivity contribution in [2.75, 3.05) is 5.73 Å². The van der Waals surface area contributed by atoms with Crippen LogP contribution >= 0.6 is 55.1 Å². The molecule has 1 aliphatic rings. The van der Waals surface area contributed by atoms with E-state index in [2.05, 4.69) is 82.9 Å². The molecular formula is C16H15Br2Cl2N5Si. The minimum atomic E-state index is -1.43. The standard InChI is InChI=1S/C9H11BrClN3Si.C7H4BrClN2/c1-15(2,3)5-4-6-9(12)14-8(11)7(10)13-6;8-6-7(9)11-5-3-1-2-4(5)10-6/h1-3H3,(H2,12,14);1-2H,3H2. The lowest BCUT2D eigenvalue weighted by Gasteiger charge is -2.04. The summed E-state index contributed by atoms with van der Waals surface area (Å²) in [7, 11) is -1.43. The Kier molecular flexibility index (Phi) is 7.22. The highest BCUT2D eigenvalue weighted by Crippen LogP contribution is 2.23. The largest absolute Gasteiger partial charge is 0.381 e. The van der Waals surface area contributed by atoms with Crippen LogP contribution in [-0.2, 0) is 6.42 Å². The molecule has 0 radical (unpaired) electrons. The van der Waals surface area contributed by atoms with Crippen LogP contribution in [0.4, 0.5) is 5.82 Å². The number of nitrogen functional groups attached to an aromatic ring is 1. The van der Waals surface area contributed by atoms with Crippen molar-refractivity contribution in [1.82, 2.24) is 19.9 Å². The van der Waals surface area contributed by atoms with E-state index in [0.717, 1.165) is 17.8 Å². The minimum absolute atomic E-state index is 0.256. The van der Waals surface area contributed by atoms with Crippen LogP contribution in [0.25, 0.3) is 6.08 Å². The molecule has 26 heavy (non-hydrogen) atoms. The number of aromatic nitrogens is 4. The molecular weight excluding hydrogens is 521 g/mol. The third-order valence-corrected chi connectivity index (χ3v) is 5.87. The molecule has 0 bridgehead atoms. The molecule has 0 saturated carbocycles. The Morgan fingerprint density at radius 3 is 2.31 bits per heavy atom. The first-order valence-corrected chi connectivity index (χ1v) is 13.3. The summed E-state index contributed by atoms with van der Waals surface area (Å²) in [4.78, 5) is 16.4.